The summed E-state index contributed by atoms with van der Waals surface area (Å²) in [7, 11) is 0. The summed E-state index contributed by atoms with van der Waals surface area (Å²) in [6, 6.07) is 17.8. The average Bonchev–Trinajstić information content (AvgIpc) is 2.69. The molecule has 0 unspecified atom stereocenters. The summed E-state index contributed by atoms with van der Waals surface area (Å²) >= 11 is 0. The van der Waals surface area contributed by atoms with Crippen LogP contribution in [0.2, 0.25) is 0 Å². The molecule has 3 rings (SSSR count). The van der Waals surface area contributed by atoms with E-state index in [9.17, 15) is 4.79 Å². The molecule has 0 radical (unpaired) electrons. The number of rotatable bonds is 1. The van der Waals surface area contributed by atoms with Crippen molar-refractivity contribution in [2.24, 2.45) is 0 Å². The molecule has 0 aromatic heterocycles. The number of ketones is 1. The molecule has 1 aliphatic heterocycles. The Hall–Kier alpha value is -2.09. The molecular formula is C14H11NO. The zero-order valence-electron chi connectivity index (χ0n) is 8.76. The minimum atomic E-state index is 0.194. The largest absolute Gasteiger partial charge is 0.333 e. The lowest BCUT2D eigenvalue weighted by atomic mass is 10.1. The van der Waals surface area contributed by atoms with Crippen molar-refractivity contribution in [2.45, 2.75) is 0 Å². The van der Waals surface area contributed by atoms with Crippen LogP contribution in [0.15, 0.2) is 54.6 Å². The summed E-state index contributed by atoms with van der Waals surface area (Å²) < 4.78 is 0. The van der Waals surface area contributed by atoms with E-state index in [-0.39, 0.29) is 5.78 Å². The molecule has 16 heavy (non-hydrogen) atoms. The van der Waals surface area contributed by atoms with Crippen molar-refractivity contribution in [1.29, 1.82) is 0 Å². The fourth-order valence-corrected chi connectivity index (χ4v) is 2.10. The van der Waals surface area contributed by atoms with Gasteiger partial charge in [-0.25, -0.2) is 0 Å². The Morgan fingerprint density at radius 3 is 2.38 bits per heavy atom. The maximum Gasteiger partial charge on any atom is 0.184 e. The average molecular weight is 209 g/mol. The number of benzene rings is 2. The van der Waals surface area contributed by atoms with Crippen molar-refractivity contribution in [1.82, 2.24) is 0 Å². The van der Waals surface area contributed by atoms with Gasteiger partial charge in [0.2, 0.25) is 0 Å². The third-order valence-corrected chi connectivity index (χ3v) is 2.86. The number of carbonyl (C=O) groups excluding carboxylic acids is 1. The molecule has 0 N–H and O–H groups in total. The van der Waals surface area contributed by atoms with Crippen molar-refractivity contribution in [3.8, 4) is 0 Å². The number of hydrogen-bond donors (Lipinski definition) is 0. The van der Waals surface area contributed by atoms with E-state index in [1.54, 1.807) is 0 Å². The highest BCUT2D eigenvalue weighted by atomic mass is 16.1. The van der Waals surface area contributed by atoms with E-state index < -0.39 is 0 Å². The van der Waals surface area contributed by atoms with Crippen LogP contribution in [-0.4, -0.2) is 12.3 Å². The van der Waals surface area contributed by atoms with Gasteiger partial charge < -0.3 is 4.90 Å². The molecule has 1 aliphatic rings. The van der Waals surface area contributed by atoms with Gasteiger partial charge in [0.15, 0.2) is 5.78 Å². The second-order valence-corrected chi connectivity index (χ2v) is 3.86. The van der Waals surface area contributed by atoms with E-state index in [1.807, 2.05) is 54.6 Å². The molecule has 0 atom stereocenters. The van der Waals surface area contributed by atoms with Gasteiger partial charge in [-0.1, -0.05) is 30.3 Å². The Kier molecular flexibility index (Phi) is 2.00. The number of hydrogen-bond acceptors (Lipinski definition) is 2. The Bertz CT molecular complexity index is 533. The number of anilines is 2. The molecular weight excluding hydrogens is 198 g/mol. The molecule has 2 heteroatoms. The standard InChI is InChI=1S/C14H11NO/c16-14-10-15(11-6-2-1-3-7-11)13-9-5-4-8-12(13)14/h1-9H,10H2. The van der Waals surface area contributed by atoms with Crippen molar-refractivity contribution in [3.63, 3.8) is 0 Å². The monoisotopic (exact) mass is 209 g/mol. The Balaban J connectivity index is 2.11. The van der Waals surface area contributed by atoms with E-state index in [1.165, 1.54) is 0 Å². The summed E-state index contributed by atoms with van der Waals surface area (Å²) in [5.74, 6) is 0.194. The third kappa shape index (κ3) is 1.31. The molecule has 0 saturated heterocycles. The van der Waals surface area contributed by atoms with Crippen LogP contribution in [0.4, 0.5) is 11.4 Å². The first-order chi connectivity index (χ1) is 7.86. The fraction of sp³-hybridized carbons (Fsp3) is 0.0714. The highest BCUT2D eigenvalue weighted by Gasteiger charge is 2.26. The van der Waals surface area contributed by atoms with E-state index in [4.69, 9.17) is 0 Å². The smallest absolute Gasteiger partial charge is 0.184 e. The number of Topliss-reactive ketones (excluding diaryl/α,β-unsaturated/α-hetero) is 1. The zero-order valence-corrected chi connectivity index (χ0v) is 8.76. The quantitative estimate of drug-likeness (QED) is 0.719. The van der Waals surface area contributed by atoms with Gasteiger partial charge in [0.1, 0.15) is 0 Å². The summed E-state index contributed by atoms with van der Waals surface area (Å²) in [6.45, 7) is 0.448. The van der Waals surface area contributed by atoms with E-state index in [2.05, 4.69) is 4.90 Å². The lowest BCUT2D eigenvalue weighted by molar-refractivity contribution is 0.101. The molecule has 78 valence electrons. The van der Waals surface area contributed by atoms with Crippen LogP contribution in [0.1, 0.15) is 10.4 Å². The SMILES string of the molecule is O=C1CN(c2ccccc2)c2ccccc21. The van der Waals surface area contributed by atoms with E-state index in [0.717, 1.165) is 16.9 Å². The lowest BCUT2D eigenvalue weighted by Gasteiger charge is -2.18. The highest BCUT2D eigenvalue weighted by Crippen LogP contribution is 2.33. The summed E-state index contributed by atoms with van der Waals surface area (Å²) in [5, 5.41) is 0. The van der Waals surface area contributed by atoms with Crippen LogP contribution < -0.4 is 4.90 Å². The number of nitrogens with zero attached hydrogens (tertiary/aromatic N) is 1. The molecule has 0 saturated carbocycles. The zero-order chi connectivity index (χ0) is 11.0. The molecule has 0 aliphatic carbocycles. The highest BCUT2D eigenvalue weighted by molar-refractivity contribution is 6.10. The predicted molar refractivity (Wildman–Crippen MR) is 64.2 cm³/mol. The molecule has 1 heterocycles. The van der Waals surface area contributed by atoms with Gasteiger partial charge in [-0.2, -0.15) is 0 Å². The van der Waals surface area contributed by atoms with Crippen molar-refractivity contribution in [3.05, 3.63) is 60.2 Å². The Labute approximate surface area is 94.1 Å². The molecule has 2 aromatic carbocycles. The maximum absolute atomic E-state index is 11.8. The van der Waals surface area contributed by atoms with E-state index in [0.29, 0.717) is 6.54 Å². The summed E-state index contributed by atoms with van der Waals surface area (Å²) in [5.41, 5.74) is 2.91. The first-order valence-corrected chi connectivity index (χ1v) is 5.31. The second-order valence-electron chi connectivity index (χ2n) is 3.86. The molecule has 0 amide bonds. The minimum Gasteiger partial charge on any atom is -0.333 e. The minimum absolute atomic E-state index is 0.194. The second kappa shape index (κ2) is 3.49. The van der Waals surface area contributed by atoms with Gasteiger partial charge in [-0.05, 0) is 24.3 Å². The van der Waals surface area contributed by atoms with Gasteiger partial charge in [0.25, 0.3) is 0 Å². The Morgan fingerprint density at radius 2 is 1.56 bits per heavy atom. The molecule has 0 spiro atoms. The topological polar surface area (TPSA) is 20.3 Å². The number of para-hydroxylation sites is 2. The summed E-state index contributed by atoms with van der Waals surface area (Å²) in [4.78, 5) is 13.9. The van der Waals surface area contributed by atoms with Gasteiger partial charge in [-0.3, -0.25) is 4.79 Å². The molecule has 2 aromatic rings. The van der Waals surface area contributed by atoms with Crippen LogP contribution in [0.3, 0.4) is 0 Å². The van der Waals surface area contributed by atoms with Crippen LogP contribution in [0, 0.1) is 0 Å². The van der Waals surface area contributed by atoms with Crippen LogP contribution in [-0.2, 0) is 0 Å². The molecule has 0 bridgehead atoms. The van der Waals surface area contributed by atoms with Crippen molar-refractivity contribution in [2.75, 3.05) is 11.4 Å². The van der Waals surface area contributed by atoms with Crippen LogP contribution in [0.25, 0.3) is 0 Å². The van der Waals surface area contributed by atoms with Gasteiger partial charge in [0, 0.05) is 11.3 Å². The third-order valence-electron chi connectivity index (χ3n) is 2.86. The number of fused-ring (bicyclic) bond motifs is 1. The van der Waals surface area contributed by atoms with Gasteiger partial charge in [-0.15, -0.1) is 0 Å². The van der Waals surface area contributed by atoms with Crippen LogP contribution >= 0.6 is 0 Å². The van der Waals surface area contributed by atoms with Crippen molar-refractivity contribution < 1.29 is 4.79 Å². The fourth-order valence-electron chi connectivity index (χ4n) is 2.10. The number of carbonyl (C=O) groups is 1. The van der Waals surface area contributed by atoms with E-state index >= 15 is 0 Å². The normalized spacial score (nSPS) is 14.0. The molecule has 0 fully saturated rings. The maximum atomic E-state index is 11.8. The first kappa shape index (κ1) is 9.16. The summed E-state index contributed by atoms with van der Waals surface area (Å²) in [6.07, 6.45) is 0. The predicted octanol–water partition coefficient (Wildman–Crippen LogP) is 3.02. The lowest BCUT2D eigenvalue weighted by Crippen LogP contribution is -2.15. The molecule has 2 nitrogen and oxygen atoms in total. The van der Waals surface area contributed by atoms with Gasteiger partial charge >= 0.3 is 0 Å². The van der Waals surface area contributed by atoms with Gasteiger partial charge in [0.05, 0.1) is 12.2 Å². The Morgan fingerprint density at radius 1 is 0.875 bits per heavy atom. The first-order valence-electron chi connectivity index (χ1n) is 5.31. The van der Waals surface area contributed by atoms with Crippen LogP contribution in [0.5, 0.6) is 0 Å². The van der Waals surface area contributed by atoms with Crippen molar-refractivity contribution >= 4 is 17.2 Å².